The van der Waals surface area contributed by atoms with Crippen molar-refractivity contribution in [1.82, 2.24) is 9.13 Å². The van der Waals surface area contributed by atoms with Gasteiger partial charge in [0, 0.05) is 17.8 Å². The molecule has 0 saturated heterocycles. The van der Waals surface area contributed by atoms with Crippen LogP contribution in [-0.4, -0.2) is 9.13 Å². The Morgan fingerprint density at radius 1 is 0.962 bits per heavy atom. The molecule has 7 heteroatoms. The molecular formula is C19H13ClN2O4. The van der Waals surface area contributed by atoms with Gasteiger partial charge in [0.05, 0.1) is 16.6 Å². The molecule has 4 aromatic rings. The fraction of sp³-hybridized carbons (Fsp3) is 0.105. The number of halogens is 1. The molecule has 130 valence electrons. The number of fused-ring (bicyclic) bond motifs is 2. The summed E-state index contributed by atoms with van der Waals surface area (Å²) in [4.78, 5) is 37.1. The third-order valence-corrected chi connectivity index (χ3v) is 4.75. The highest BCUT2D eigenvalue weighted by molar-refractivity contribution is 6.30. The van der Waals surface area contributed by atoms with E-state index in [9.17, 15) is 14.4 Å². The lowest BCUT2D eigenvalue weighted by Crippen LogP contribution is -2.25. The molecule has 0 aliphatic carbocycles. The maximum atomic E-state index is 12.6. The molecule has 26 heavy (non-hydrogen) atoms. The predicted molar refractivity (Wildman–Crippen MR) is 101 cm³/mol. The van der Waals surface area contributed by atoms with E-state index in [4.69, 9.17) is 16.0 Å². The largest absolute Gasteiger partial charge is 0.426 e. The summed E-state index contributed by atoms with van der Waals surface area (Å²) in [6.45, 7) is 1.82. The first-order valence-corrected chi connectivity index (χ1v) is 8.21. The molecule has 0 radical (unpaired) electrons. The molecular weight excluding hydrogens is 356 g/mol. The van der Waals surface area contributed by atoms with Crippen LogP contribution in [0.3, 0.4) is 0 Å². The molecule has 0 aliphatic heterocycles. The van der Waals surface area contributed by atoms with Crippen molar-refractivity contribution in [2.45, 2.75) is 6.92 Å². The van der Waals surface area contributed by atoms with E-state index in [1.165, 1.54) is 9.13 Å². The summed E-state index contributed by atoms with van der Waals surface area (Å²) in [5.41, 5.74) is 0.649. The van der Waals surface area contributed by atoms with Crippen molar-refractivity contribution in [2.75, 3.05) is 0 Å². The molecule has 0 spiro atoms. The molecule has 0 bridgehead atoms. The number of rotatable bonds is 1. The highest BCUT2D eigenvalue weighted by atomic mass is 35.5. The minimum absolute atomic E-state index is 0.238. The van der Waals surface area contributed by atoms with Gasteiger partial charge in [0.2, 0.25) is 0 Å². The molecule has 0 aliphatic rings. The van der Waals surface area contributed by atoms with Crippen LogP contribution in [0.4, 0.5) is 0 Å². The van der Waals surface area contributed by atoms with Gasteiger partial charge in [0.1, 0.15) is 5.15 Å². The lowest BCUT2D eigenvalue weighted by atomic mass is 10.1. The van der Waals surface area contributed by atoms with Gasteiger partial charge >= 0.3 is 11.4 Å². The number of hydrogen-bond donors (Lipinski definition) is 0. The van der Waals surface area contributed by atoms with Gasteiger partial charge in [-0.25, -0.2) is 14.2 Å². The second-order valence-corrected chi connectivity index (χ2v) is 6.47. The predicted octanol–water partition coefficient (Wildman–Crippen LogP) is 2.76. The Hall–Kier alpha value is -3.12. The Bertz CT molecular complexity index is 1380. The second kappa shape index (κ2) is 5.71. The van der Waals surface area contributed by atoms with Gasteiger partial charge in [-0.05, 0) is 42.8 Å². The Balaban J connectivity index is 2.28. The standard InChI is InChI=1S/C19H13ClN2O4/c1-10-7-13-12(9-16(20)21(2)17(13)23)15(8-10)22-14-6-4-3-5-11(14)18(24)26-19(22)25/h3-9H,1-2H3. The van der Waals surface area contributed by atoms with Crippen molar-refractivity contribution in [3.05, 3.63) is 84.5 Å². The van der Waals surface area contributed by atoms with Gasteiger partial charge in [-0.3, -0.25) is 4.79 Å². The maximum absolute atomic E-state index is 12.6. The highest BCUT2D eigenvalue weighted by Crippen LogP contribution is 2.25. The van der Waals surface area contributed by atoms with Crippen LogP contribution in [0.25, 0.3) is 27.4 Å². The minimum Gasteiger partial charge on any atom is -0.372 e. The van der Waals surface area contributed by atoms with Gasteiger partial charge in [-0.1, -0.05) is 23.7 Å². The summed E-state index contributed by atoms with van der Waals surface area (Å²) in [5, 5.41) is 1.44. The van der Waals surface area contributed by atoms with E-state index in [1.54, 1.807) is 49.5 Å². The Morgan fingerprint density at radius 2 is 1.69 bits per heavy atom. The zero-order chi connectivity index (χ0) is 18.6. The number of benzene rings is 2. The Labute approximate surface area is 151 Å². The number of para-hydroxylation sites is 1. The van der Waals surface area contributed by atoms with E-state index in [2.05, 4.69) is 0 Å². The molecule has 0 fully saturated rings. The van der Waals surface area contributed by atoms with Crippen molar-refractivity contribution in [2.24, 2.45) is 7.05 Å². The second-order valence-electron chi connectivity index (χ2n) is 6.08. The van der Waals surface area contributed by atoms with Gasteiger partial charge in [-0.15, -0.1) is 0 Å². The van der Waals surface area contributed by atoms with Gasteiger partial charge < -0.3 is 8.98 Å². The average Bonchev–Trinajstić information content (AvgIpc) is 2.61. The van der Waals surface area contributed by atoms with Crippen LogP contribution in [0.5, 0.6) is 0 Å². The molecule has 0 amide bonds. The van der Waals surface area contributed by atoms with E-state index >= 15 is 0 Å². The highest BCUT2D eigenvalue weighted by Gasteiger charge is 2.16. The van der Waals surface area contributed by atoms with E-state index < -0.39 is 11.4 Å². The molecule has 0 N–H and O–H groups in total. The van der Waals surface area contributed by atoms with Crippen LogP contribution in [0.1, 0.15) is 5.56 Å². The summed E-state index contributed by atoms with van der Waals surface area (Å²) in [5.74, 6) is -0.822. The number of nitrogens with zero attached hydrogens (tertiary/aromatic N) is 2. The van der Waals surface area contributed by atoms with Crippen LogP contribution in [0, 0.1) is 6.92 Å². The quantitative estimate of drug-likeness (QED) is 0.484. The SMILES string of the molecule is Cc1cc(-n2c(=O)oc(=O)c3ccccc32)c2cc(Cl)n(C)c(=O)c2c1. The summed E-state index contributed by atoms with van der Waals surface area (Å²) in [7, 11) is 1.58. The van der Waals surface area contributed by atoms with E-state index in [0.717, 1.165) is 5.56 Å². The number of pyridine rings is 1. The van der Waals surface area contributed by atoms with E-state index in [1.807, 2.05) is 6.92 Å². The monoisotopic (exact) mass is 368 g/mol. The molecule has 0 atom stereocenters. The summed E-state index contributed by atoms with van der Waals surface area (Å²) in [6, 6.07) is 11.8. The van der Waals surface area contributed by atoms with E-state index in [0.29, 0.717) is 22.0 Å². The number of hydrogen-bond acceptors (Lipinski definition) is 4. The van der Waals surface area contributed by atoms with Gasteiger partial charge in [-0.2, -0.15) is 0 Å². The number of aryl methyl sites for hydroxylation is 1. The first-order valence-electron chi connectivity index (χ1n) is 7.83. The summed E-state index contributed by atoms with van der Waals surface area (Å²) < 4.78 is 7.51. The van der Waals surface area contributed by atoms with Crippen molar-refractivity contribution < 1.29 is 4.42 Å². The molecule has 4 rings (SSSR count). The summed E-state index contributed by atoms with van der Waals surface area (Å²) >= 11 is 6.18. The molecule has 6 nitrogen and oxygen atoms in total. The van der Waals surface area contributed by atoms with E-state index in [-0.39, 0.29) is 16.1 Å². The van der Waals surface area contributed by atoms with Crippen LogP contribution in [0.2, 0.25) is 5.15 Å². The lowest BCUT2D eigenvalue weighted by Gasteiger charge is -2.14. The van der Waals surface area contributed by atoms with Crippen LogP contribution in [0.15, 0.2) is 61.3 Å². The van der Waals surface area contributed by atoms with Crippen molar-refractivity contribution >= 4 is 33.3 Å². The topological polar surface area (TPSA) is 74.2 Å². The first kappa shape index (κ1) is 16.4. The fourth-order valence-corrected chi connectivity index (χ4v) is 3.32. The van der Waals surface area contributed by atoms with Crippen LogP contribution < -0.4 is 16.9 Å². The van der Waals surface area contributed by atoms with Crippen LogP contribution >= 0.6 is 11.6 Å². The Morgan fingerprint density at radius 3 is 2.46 bits per heavy atom. The Kier molecular flexibility index (Phi) is 3.59. The minimum atomic E-state index is -0.822. The normalized spacial score (nSPS) is 11.3. The van der Waals surface area contributed by atoms with Gasteiger partial charge in [0.25, 0.3) is 5.56 Å². The lowest BCUT2D eigenvalue weighted by molar-refractivity contribution is 0.445. The van der Waals surface area contributed by atoms with Crippen molar-refractivity contribution in [3.63, 3.8) is 0 Å². The molecule has 2 aromatic heterocycles. The molecule has 2 heterocycles. The third-order valence-electron chi connectivity index (χ3n) is 4.39. The maximum Gasteiger partial charge on any atom is 0.426 e. The first-order chi connectivity index (χ1) is 12.4. The molecule has 2 aromatic carbocycles. The molecule has 0 saturated carbocycles. The third kappa shape index (κ3) is 2.30. The average molecular weight is 369 g/mol. The fourth-order valence-electron chi connectivity index (χ4n) is 3.13. The molecule has 0 unspecified atom stereocenters. The van der Waals surface area contributed by atoms with Crippen LogP contribution in [-0.2, 0) is 7.05 Å². The summed E-state index contributed by atoms with van der Waals surface area (Å²) in [6.07, 6.45) is 0. The zero-order valence-corrected chi connectivity index (χ0v) is 14.7. The van der Waals surface area contributed by atoms with Crippen molar-refractivity contribution in [1.29, 1.82) is 0 Å². The number of aromatic nitrogens is 2. The smallest absolute Gasteiger partial charge is 0.372 e. The van der Waals surface area contributed by atoms with Gasteiger partial charge in [0.15, 0.2) is 0 Å². The zero-order valence-electron chi connectivity index (χ0n) is 13.9. The van der Waals surface area contributed by atoms with Crippen molar-refractivity contribution in [3.8, 4) is 5.69 Å².